The standard InChI is InChI=1S/C43H48ClN9O9S/c1-24-25(2)63-43-36(24)38(27-8-10-28(44)11-9-27)48-31(39-51-50-26(3)52(39)43)22-34(55)47-16-17-60-18-19-61-20-21-62-23-35(56)46-15-5-14-45-30-7-4-6-29-37(30)42(59)53(41(29)58)32-12-13-33(54)49-40(32)57/h4,6-11,31-32,45H,5,12-23H2,1-3H3,(H,46,56)(H,47,55)(H,49,54,57)/t31-,32?/m0/s1. The molecule has 0 spiro atoms. The van der Waals surface area contributed by atoms with Gasteiger partial charge in [0, 0.05) is 52.8 Å². The lowest BCUT2D eigenvalue weighted by atomic mass is 9.99. The van der Waals surface area contributed by atoms with E-state index in [4.69, 9.17) is 30.8 Å². The van der Waals surface area contributed by atoms with Crippen LogP contribution in [0.2, 0.25) is 5.02 Å². The fraction of sp³-hybridized carbons (Fsp3) is 0.419. The Kier molecular flexibility index (Phi) is 14.7. The predicted octanol–water partition coefficient (Wildman–Crippen LogP) is 3.38. The maximum atomic E-state index is 13.2. The molecule has 0 aliphatic carbocycles. The second-order valence-corrected chi connectivity index (χ2v) is 16.7. The molecule has 20 heteroatoms. The topological polar surface area (TPSA) is 225 Å². The van der Waals surface area contributed by atoms with Gasteiger partial charge < -0.3 is 30.2 Å². The molecular weight excluding hydrogens is 854 g/mol. The van der Waals surface area contributed by atoms with Crippen molar-refractivity contribution in [1.82, 2.24) is 35.6 Å². The van der Waals surface area contributed by atoms with E-state index < -0.39 is 35.7 Å². The van der Waals surface area contributed by atoms with E-state index in [2.05, 4.69) is 45.3 Å². The number of amides is 6. The van der Waals surface area contributed by atoms with Crippen LogP contribution in [0.25, 0.3) is 5.00 Å². The Hall–Kier alpha value is -5.86. The third kappa shape index (κ3) is 10.3. The van der Waals surface area contributed by atoms with Gasteiger partial charge in [-0.05, 0) is 63.4 Å². The number of thiophene rings is 1. The summed E-state index contributed by atoms with van der Waals surface area (Å²) in [6, 6.07) is 10.8. The maximum Gasteiger partial charge on any atom is 0.264 e. The first kappa shape index (κ1) is 45.2. The number of piperidine rings is 1. The molecule has 0 bridgehead atoms. The van der Waals surface area contributed by atoms with Crippen LogP contribution in [-0.4, -0.2) is 126 Å². The summed E-state index contributed by atoms with van der Waals surface area (Å²) in [6.45, 7) is 8.29. The predicted molar refractivity (Wildman–Crippen MR) is 233 cm³/mol. The van der Waals surface area contributed by atoms with Crippen LogP contribution in [-0.2, 0) is 33.4 Å². The number of carbonyl (C=O) groups is 6. The largest absolute Gasteiger partial charge is 0.384 e. The summed E-state index contributed by atoms with van der Waals surface area (Å²) < 4.78 is 18.6. The molecule has 5 heterocycles. The van der Waals surface area contributed by atoms with Crippen LogP contribution in [0.4, 0.5) is 5.69 Å². The van der Waals surface area contributed by atoms with Gasteiger partial charge >= 0.3 is 0 Å². The van der Waals surface area contributed by atoms with Crippen molar-refractivity contribution in [2.24, 2.45) is 4.99 Å². The van der Waals surface area contributed by atoms with Gasteiger partial charge in [0.2, 0.25) is 23.6 Å². The van der Waals surface area contributed by atoms with Crippen LogP contribution in [0.1, 0.15) is 85.7 Å². The molecule has 3 aliphatic heterocycles. The zero-order valence-electron chi connectivity index (χ0n) is 35.1. The van der Waals surface area contributed by atoms with Gasteiger partial charge in [-0.15, -0.1) is 21.5 Å². The summed E-state index contributed by atoms with van der Waals surface area (Å²) in [5.41, 5.74) is 4.59. The second kappa shape index (κ2) is 20.5. The highest BCUT2D eigenvalue weighted by Gasteiger charge is 2.45. The van der Waals surface area contributed by atoms with E-state index in [1.54, 1.807) is 23.5 Å². The SMILES string of the molecule is Cc1sc2c(c1C)C(c1ccc(Cl)cc1)=N[C@@H](CC(=O)NCCOCCOCCOCC(=O)NCCCNc1cccc3c1C(=O)N(C1CCC(=O)NC1=O)C3=O)c1nnc(C)n1-2. The Labute approximate surface area is 372 Å². The van der Waals surface area contributed by atoms with Crippen LogP contribution >= 0.6 is 22.9 Å². The molecule has 63 heavy (non-hydrogen) atoms. The van der Waals surface area contributed by atoms with Crippen LogP contribution in [0.3, 0.4) is 0 Å². The van der Waals surface area contributed by atoms with E-state index in [-0.39, 0.29) is 68.6 Å². The van der Waals surface area contributed by atoms with Crippen molar-refractivity contribution in [3.8, 4) is 5.00 Å². The van der Waals surface area contributed by atoms with Crippen LogP contribution in [0.5, 0.6) is 0 Å². The quantitative estimate of drug-likeness (QED) is 0.0741. The molecule has 18 nitrogen and oxygen atoms in total. The molecule has 0 saturated carbocycles. The normalized spacial score (nSPS) is 16.8. The molecule has 4 N–H and O–H groups in total. The first-order valence-electron chi connectivity index (χ1n) is 20.6. The monoisotopic (exact) mass is 901 g/mol. The van der Waals surface area contributed by atoms with E-state index in [9.17, 15) is 28.8 Å². The first-order valence-corrected chi connectivity index (χ1v) is 21.8. The molecule has 332 valence electrons. The van der Waals surface area contributed by atoms with E-state index >= 15 is 0 Å². The molecule has 3 aliphatic rings. The summed E-state index contributed by atoms with van der Waals surface area (Å²) in [6.07, 6.45) is 0.702. The lowest BCUT2D eigenvalue weighted by Crippen LogP contribution is -2.54. The smallest absolute Gasteiger partial charge is 0.264 e. The van der Waals surface area contributed by atoms with Gasteiger partial charge in [-0.1, -0.05) is 29.8 Å². The fourth-order valence-electron chi connectivity index (χ4n) is 7.50. The Morgan fingerprint density at radius 2 is 1.59 bits per heavy atom. The second-order valence-electron chi connectivity index (χ2n) is 15.0. The molecule has 2 aromatic heterocycles. The van der Waals surface area contributed by atoms with E-state index in [1.807, 2.05) is 35.8 Å². The van der Waals surface area contributed by atoms with Gasteiger partial charge in [0.05, 0.1) is 56.3 Å². The van der Waals surface area contributed by atoms with Gasteiger partial charge in [-0.25, -0.2) is 0 Å². The van der Waals surface area contributed by atoms with Crippen LogP contribution < -0.4 is 21.3 Å². The molecule has 2 aromatic carbocycles. The first-order chi connectivity index (χ1) is 30.4. The van der Waals surface area contributed by atoms with Gasteiger partial charge in [-0.2, -0.15) is 0 Å². The number of carbonyl (C=O) groups excluding carboxylic acids is 6. The molecule has 1 saturated heterocycles. The third-order valence-electron chi connectivity index (χ3n) is 10.7. The van der Waals surface area contributed by atoms with E-state index in [0.717, 1.165) is 43.0 Å². The summed E-state index contributed by atoms with van der Waals surface area (Å²) in [7, 11) is 0. The third-order valence-corrected chi connectivity index (χ3v) is 12.2. The molecular formula is C43H48ClN9O9S. The number of ether oxygens (including phenoxy) is 3. The van der Waals surface area contributed by atoms with Crippen molar-refractivity contribution >= 4 is 69.8 Å². The molecule has 6 amide bonds. The fourth-order valence-corrected chi connectivity index (χ4v) is 8.84. The maximum absolute atomic E-state index is 13.2. The van der Waals surface area contributed by atoms with Crippen LogP contribution in [0, 0.1) is 20.8 Å². The zero-order valence-corrected chi connectivity index (χ0v) is 36.7. The van der Waals surface area contributed by atoms with Crippen molar-refractivity contribution in [2.45, 2.75) is 58.5 Å². The number of nitrogens with zero attached hydrogens (tertiary/aromatic N) is 5. The summed E-state index contributed by atoms with van der Waals surface area (Å²) in [5, 5.41) is 21.4. The number of imide groups is 2. The molecule has 7 rings (SSSR count). The molecule has 2 atom stereocenters. The van der Waals surface area contributed by atoms with Crippen molar-refractivity contribution in [3.05, 3.63) is 91.8 Å². The van der Waals surface area contributed by atoms with Gasteiger partial charge in [0.25, 0.3) is 11.8 Å². The number of hydrogen-bond acceptors (Lipinski definition) is 14. The van der Waals surface area contributed by atoms with Crippen LogP contribution in [0.15, 0.2) is 47.5 Å². The number of rotatable bonds is 20. The number of aryl methyl sites for hydroxylation is 2. The Balaban J connectivity index is 0.746. The highest BCUT2D eigenvalue weighted by atomic mass is 35.5. The Morgan fingerprint density at radius 3 is 2.35 bits per heavy atom. The number of aromatic nitrogens is 3. The minimum absolute atomic E-state index is 0.0408. The zero-order chi connectivity index (χ0) is 44.6. The lowest BCUT2D eigenvalue weighted by molar-refractivity contribution is -0.136. The van der Waals surface area contributed by atoms with Crippen molar-refractivity contribution in [2.75, 3.05) is 64.6 Å². The molecule has 1 fully saturated rings. The van der Waals surface area contributed by atoms with E-state index in [1.165, 1.54) is 6.07 Å². The summed E-state index contributed by atoms with van der Waals surface area (Å²) in [4.78, 5) is 82.9. The minimum Gasteiger partial charge on any atom is -0.384 e. The minimum atomic E-state index is -1.04. The average molecular weight is 902 g/mol. The summed E-state index contributed by atoms with van der Waals surface area (Å²) >= 11 is 7.86. The van der Waals surface area contributed by atoms with Crippen molar-refractivity contribution < 1.29 is 43.0 Å². The average Bonchev–Trinajstić information content (AvgIpc) is 3.84. The number of aliphatic imine (C=N–C) groups is 1. The number of fused-ring (bicyclic) bond motifs is 4. The van der Waals surface area contributed by atoms with Crippen molar-refractivity contribution in [1.29, 1.82) is 0 Å². The number of anilines is 1. The lowest BCUT2D eigenvalue weighted by Gasteiger charge is -2.27. The van der Waals surface area contributed by atoms with Gasteiger partial charge in [0.15, 0.2) is 5.82 Å². The van der Waals surface area contributed by atoms with Crippen molar-refractivity contribution in [3.63, 3.8) is 0 Å². The Morgan fingerprint density at radius 1 is 0.857 bits per heavy atom. The number of hydrogen-bond donors (Lipinski definition) is 4. The molecule has 0 radical (unpaired) electrons. The number of halogens is 1. The summed E-state index contributed by atoms with van der Waals surface area (Å²) in [5.74, 6) is -1.45. The highest BCUT2D eigenvalue weighted by molar-refractivity contribution is 7.15. The van der Waals surface area contributed by atoms with Gasteiger partial charge in [-0.3, -0.25) is 48.5 Å². The number of nitrogens with one attached hydrogen (secondary N) is 4. The van der Waals surface area contributed by atoms with Gasteiger partial charge in [0.1, 0.15) is 29.5 Å². The van der Waals surface area contributed by atoms with E-state index in [0.29, 0.717) is 55.8 Å². The molecule has 4 aromatic rings. The number of benzene rings is 2. The Bertz CT molecular complexity index is 2430. The molecule has 1 unspecified atom stereocenters. The highest BCUT2D eigenvalue weighted by Crippen LogP contribution is 2.40.